The van der Waals surface area contributed by atoms with Crippen molar-refractivity contribution >= 4 is 35.2 Å². The lowest BCUT2D eigenvalue weighted by Crippen LogP contribution is -2.56. The van der Waals surface area contributed by atoms with Gasteiger partial charge in [0.1, 0.15) is 11.8 Å². The zero-order valence-electron chi connectivity index (χ0n) is 20.0. The van der Waals surface area contributed by atoms with E-state index >= 15 is 0 Å². The normalized spacial score (nSPS) is 35.0. The Morgan fingerprint density at radius 1 is 1.14 bits per heavy atom. The Balaban J connectivity index is 1.64. The monoisotopic (exact) mass is 498 g/mol. The van der Waals surface area contributed by atoms with Gasteiger partial charge >= 0.3 is 5.97 Å². The molecule has 0 bridgehead atoms. The number of aliphatic hydroxyl groups is 1. The number of aliphatic hydroxyl groups excluding tert-OH is 1. The number of benzene rings is 1. The SMILES string of the molecule is COc1ccc(N2CC=C[C@]34S[C@@]5(C)C=CCCOC(=O)[C@H]5[C@H]3C(=O)N([C@H](C)CO)C4C2=O)cc1. The molecular weight excluding hydrogens is 468 g/mol. The number of esters is 1. The summed E-state index contributed by atoms with van der Waals surface area (Å²) in [4.78, 5) is 44.7. The topological polar surface area (TPSA) is 96.4 Å². The summed E-state index contributed by atoms with van der Waals surface area (Å²) in [6.45, 7) is 3.98. The van der Waals surface area contributed by atoms with E-state index in [2.05, 4.69) is 0 Å². The van der Waals surface area contributed by atoms with Gasteiger partial charge in [0.15, 0.2) is 0 Å². The molecule has 2 saturated heterocycles. The molecule has 5 rings (SSSR count). The average molecular weight is 499 g/mol. The largest absolute Gasteiger partial charge is 0.497 e. The summed E-state index contributed by atoms with van der Waals surface area (Å²) < 4.78 is 9.12. The van der Waals surface area contributed by atoms with E-state index in [0.29, 0.717) is 24.4 Å². The molecule has 35 heavy (non-hydrogen) atoms. The third-order valence-corrected chi connectivity index (χ3v) is 9.38. The molecule has 2 fully saturated rings. The van der Waals surface area contributed by atoms with E-state index in [1.165, 1.54) is 16.7 Å². The number of cyclic esters (lactones) is 1. The molecule has 0 aromatic heterocycles. The molecule has 1 aromatic carbocycles. The number of hydrogen-bond acceptors (Lipinski definition) is 7. The number of amides is 2. The Hall–Kier alpha value is -2.78. The van der Waals surface area contributed by atoms with E-state index in [1.54, 1.807) is 31.1 Å². The smallest absolute Gasteiger partial charge is 0.311 e. The number of anilines is 1. The van der Waals surface area contributed by atoms with Crippen molar-refractivity contribution in [2.75, 3.05) is 31.8 Å². The first kappa shape index (κ1) is 23.9. The van der Waals surface area contributed by atoms with Gasteiger partial charge in [-0.1, -0.05) is 24.3 Å². The molecule has 4 heterocycles. The average Bonchev–Trinajstić information content (AvgIpc) is 3.17. The molecule has 1 unspecified atom stereocenters. The highest BCUT2D eigenvalue weighted by Gasteiger charge is 2.74. The summed E-state index contributed by atoms with van der Waals surface area (Å²) >= 11 is 1.49. The van der Waals surface area contributed by atoms with Crippen LogP contribution in [0, 0.1) is 11.8 Å². The van der Waals surface area contributed by atoms with Gasteiger partial charge in [-0.15, -0.1) is 11.8 Å². The molecular formula is C26H30N2O6S. The number of nitrogens with zero attached hydrogens (tertiary/aromatic N) is 2. The van der Waals surface area contributed by atoms with Crippen LogP contribution in [-0.4, -0.2) is 76.2 Å². The standard InChI is InChI=1S/C26H30N2O6S/c1-16(15-29)28-21-23(31)27(17-7-9-18(33-3)10-8-17)13-6-12-26(21)19(22(28)30)20-24(32)34-14-5-4-11-25(20,2)35-26/h4,6-12,16,19-21,29H,5,13-15H2,1-3H3/t16-,19+,20-,21?,25+,26+/m1/s1. The first-order valence-corrected chi connectivity index (χ1v) is 12.7. The molecule has 4 aliphatic heterocycles. The van der Waals surface area contributed by atoms with Gasteiger partial charge in [-0.05, 0) is 44.5 Å². The van der Waals surface area contributed by atoms with Gasteiger partial charge in [0.2, 0.25) is 5.91 Å². The van der Waals surface area contributed by atoms with Gasteiger partial charge in [0, 0.05) is 17.0 Å². The van der Waals surface area contributed by atoms with Gasteiger partial charge in [0.05, 0.1) is 42.9 Å². The summed E-state index contributed by atoms with van der Waals surface area (Å²) in [7, 11) is 1.58. The highest BCUT2D eigenvalue weighted by Crippen LogP contribution is 2.65. The Kier molecular flexibility index (Phi) is 5.96. The fraction of sp³-hybridized carbons (Fsp3) is 0.500. The maximum absolute atomic E-state index is 14.3. The first-order valence-electron chi connectivity index (χ1n) is 11.9. The second-order valence-corrected chi connectivity index (χ2v) is 11.5. The molecule has 2 amide bonds. The molecule has 9 heteroatoms. The summed E-state index contributed by atoms with van der Waals surface area (Å²) in [5.74, 6) is -1.77. The number of fused-ring (bicyclic) bond motifs is 2. The second kappa shape index (κ2) is 8.71. The van der Waals surface area contributed by atoms with Crippen LogP contribution in [0.4, 0.5) is 5.69 Å². The molecule has 0 radical (unpaired) electrons. The highest BCUT2D eigenvalue weighted by molar-refractivity contribution is 8.02. The molecule has 4 aliphatic rings. The van der Waals surface area contributed by atoms with E-state index in [-0.39, 0.29) is 25.0 Å². The van der Waals surface area contributed by atoms with Crippen molar-refractivity contribution in [1.29, 1.82) is 0 Å². The van der Waals surface area contributed by atoms with Crippen molar-refractivity contribution in [1.82, 2.24) is 4.90 Å². The second-order valence-electron chi connectivity index (χ2n) is 9.68. The molecule has 1 N–H and O–H groups in total. The fourth-order valence-electron chi connectivity index (χ4n) is 5.98. The third-order valence-electron chi connectivity index (χ3n) is 7.58. The number of rotatable bonds is 4. The predicted octanol–water partition coefficient (Wildman–Crippen LogP) is 2.17. The van der Waals surface area contributed by atoms with Crippen LogP contribution >= 0.6 is 11.8 Å². The number of ether oxygens (including phenoxy) is 2. The van der Waals surface area contributed by atoms with Crippen molar-refractivity contribution in [2.24, 2.45) is 11.8 Å². The molecule has 1 aromatic rings. The van der Waals surface area contributed by atoms with Crippen molar-refractivity contribution < 1.29 is 29.0 Å². The fourth-order valence-corrected chi connectivity index (χ4v) is 8.12. The third kappa shape index (κ3) is 3.50. The van der Waals surface area contributed by atoms with Crippen molar-refractivity contribution in [3.05, 3.63) is 48.6 Å². The van der Waals surface area contributed by atoms with Crippen molar-refractivity contribution in [3.63, 3.8) is 0 Å². The summed E-state index contributed by atoms with van der Waals surface area (Å²) in [6, 6.07) is 5.74. The zero-order chi connectivity index (χ0) is 25.0. The van der Waals surface area contributed by atoms with Crippen LogP contribution in [0.1, 0.15) is 20.3 Å². The minimum atomic E-state index is -0.966. The zero-order valence-corrected chi connectivity index (χ0v) is 20.9. The van der Waals surface area contributed by atoms with E-state index in [0.717, 1.165) is 0 Å². The van der Waals surface area contributed by atoms with Gasteiger partial charge in [-0.2, -0.15) is 0 Å². The highest BCUT2D eigenvalue weighted by atomic mass is 32.2. The van der Waals surface area contributed by atoms with E-state index in [1.807, 2.05) is 43.4 Å². The molecule has 6 atom stereocenters. The minimum absolute atomic E-state index is 0.237. The van der Waals surface area contributed by atoms with E-state index < -0.39 is 39.4 Å². The van der Waals surface area contributed by atoms with Gasteiger partial charge < -0.3 is 24.4 Å². The summed E-state index contributed by atoms with van der Waals surface area (Å²) in [5.41, 5.74) is 0.685. The Labute approximate surface area is 208 Å². The van der Waals surface area contributed by atoms with Gasteiger partial charge in [0.25, 0.3) is 5.91 Å². The number of hydrogen-bond donors (Lipinski definition) is 1. The summed E-state index contributed by atoms with van der Waals surface area (Å²) in [6.07, 6.45) is 8.47. The Morgan fingerprint density at radius 2 is 1.89 bits per heavy atom. The van der Waals surface area contributed by atoms with Crippen LogP contribution in [0.2, 0.25) is 0 Å². The van der Waals surface area contributed by atoms with Crippen LogP contribution < -0.4 is 9.64 Å². The molecule has 186 valence electrons. The van der Waals surface area contributed by atoms with Crippen LogP contribution in [0.25, 0.3) is 0 Å². The van der Waals surface area contributed by atoms with Gasteiger partial charge in [-0.25, -0.2) is 0 Å². The molecule has 8 nitrogen and oxygen atoms in total. The number of carbonyl (C=O) groups is 3. The molecule has 0 aliphatic carbocycles. The van der Waals surface area contributed by atoms with Crippen LogP contribution in [0.5, 0.6) is 5.75 Å². The quantitative estimate of drug-likeness (QED) is 0.502. The van der Waals surface area contributed by atoms with Crippen LogP contribution in [-0.2, 0) is 19.1 Å². The number of carbonyl (C=O) groups excluding carboxylic acids is 3. The Bertz CT molecular complexity index is 1100. The lowest BCUT2D eigenvalue weighted by atomic mass is 9.74. The van der Waals surface area contributed by atoms with Gasteiger partial charge in [-0.3, -0.25) is 14.4 Å². The maximum Gasteiger partial charge on any atom is 0.311 e. The van der Waals surface area contributed by atoms with Crippen molar-refractivity contribution in [3.8, 4) is 5.75 Å². The number of thioether (sulfide) groups is 1. The molecule has 1 spiro atoms. The summed E-state index contributed by atoms with van der Waals surface area (Å²) in [5, 5.41) is 10.0. The van der Waals surface area contributed by atoms with Crippen molar-refractivity contribution in [2.45, 2.75) is 41.8 Å². The first-order chi connectivity index (χ1) is 16.8. The Morgan fingerprint density at radius 3 is 2.57 bits per heavy atom. The molecule has 0 saturated carbocycles. The lowest BCUT2D eigenvalue weighted by Gasteiger charge is -2.39. The number of methoxy groups -OCH3 is 1. The minimum Gasteiger partial charge on any atom is -0.497 e. The van der Waals surface area contributed by atoms with Crippen LogP contribution in [0.15, 0.2) is 48.6 Å². The van der Waals surface area contributed by atoms with Crippen LogP contribution in [0.3, 0.4) is 0 Å². The van der Waals surface area contributed by atoms with E-state index in [4.69, 9.17) is 9.47 Å². The van der Waals surface area contributed by atoms with E-state index in [9.17, 15) is 19.5 Å². The predicted molar refractivity (Wildman–Crippen MR) is 132 cm³/mol. The maximum atomic E-state index is 14.3. The number of likely N-dealkylation sites (tertiary alicyclic amines) is 1. The lowest BCUT2D eigenvalue weighted by molar-refractivity contribution is -0.154.